The van der Waals surface area contributed by atoms with Crippen molar-refractivity contribution in [3.05, 3.63) is 36.1 Å². The highest BCUT2D eigenvalue weighted by Gasteiger charge is 2.31. The minimum atomic E-state index is -4.89. The van der Waals surface area contributed by atoms with E-state index >= 15 is 0 Å². The van der Waals surface area contributed by atoms with Crippen LogP contribution >= 0.6 is 0 Å². The average Bonchev–Trinajstić information content (AvgIpc) is 3.41. The van der Waals surface area contributed by atoms with Crippen molar-refractivity contribution in [1.29, 1.82) is 0 Å². The molecule has 12 heteroatoms. The van der Waals surface area contributed by atoms with Crippen molar-refractivity contribution in [2.24, 2.45) is 0 Å². The van der Waals surface area contributed by atoms with E-state index in [9.17, 15) is 31.5 Å². The Labute approximate surface area is 159 Å². The Balaban J connectivity index is 1.95. The minimum Gasteiger partial charge on any atom is -0.491 e. The Morgan fingerprint density at radius 3 is 2.43 bits per heavy atom. The van der Waals surface area contributed by atoms with Crippen LogP contribution in [0.15, 0.2) is 41.0 Å². The number of carbonyl (C=O) groups is 1. The lowest BCUT2D eigenvalue weighted by atomic mass is 10.3. The molecule has 1 aliphatic rings. The predicted octanol–water partition coefficient (Wildman–Crippen LogP) is 1.03. The minimum absolute atomic E-state index is 0.0750. The van der Waals surface area contributed by atoms with Crippen molar-refractivity contribution in [3.63, 3.8) is 0 Å². The van der Waals surface area contributed by atoms with Gasteiger partial charge in [0.2, 0.25) is 10.0 Å². The number of nitrogens with one attached hydrogen (secondary N) is 2. The molecule has 2 rings (SSSR count). The van der Waals surface area contributed by atoms with Crippen LogP contribution in [0, 0.1) is 0 Å². The summed E-state index contributed by atoms with van der Waals surface area (Å²) in [6.45, 7) is -0.479. The van der Waals surface area contributed by atoms with Gasteiger partial charge in [0.05, 0.1) is 18.1 Å². The van der Waals surface area contributed by atoms with Crippen molar-refractivity contribution in [3.8, 4) is 5.75 Å². The molecule has 0 aliphatic heterocycles. The van der Waals surface area contributed by atoms with E-state index in [0.29, 0.717) is 0 Å². The number of ether oxygens (including phenoxy) is 2. The van der Waals surface area contributed by atoms with Gasteiger partial charge in [-0.1, -0.05) is 0 Å². The fourth-order valence-electron chi connectivity index (χ4n) is 2.05. The molecule has 1 amide bonds. The summed E-state index contributed by atoms with van der Waals surface area (Å²) in [5, 5.41) is 12.6. The maximum atomic E-state index is 12.2. The summed E-state index contributed by atoms with van der Waals surface area (Å²) < 4.78 is 71.3. The van der Waals surface area contributed by atoms with E-state index in [-0.39, 0.29) is 16.7 Å². The van der Waals surface area contributed by atoms with Crippen LogP contribution in [0.4, 0.5) is 13.2 Å². The molecule has 1 aliphatic carbocycles. The number of hydrogen-bond donors (Lipinski definition) is 3. The van der Waals surface area contributed by atoms with Gasteiger partial charge in [0.1, 0.15) is 5.75 Å². The highest BCUT2D eigenvalue weighted by atomic mass is 32.2. The highest BCUT2D eigenvalue weighted by molar-refractivity contribution is 7.89. The van der Waals surface area contributed by atoms with E-state index in [2.05, 4.69) is 14.8 Å². The summed E-state index contributed by atoms with van der Waals surface area (Å²) >= 11 is 0. The summed E-state index contributed by atoms with van der Waals surface area (Å²) in [5.41, 5.74) is 0. The zero-order valence-corrected chi connectivity index (χ0v) is 15.5. The van der Waals surface area contributed by atoms with Gasteiger partial charge in [0.15, 0.2) is 5.76 Å². The first-order valence-electron chi connectivity index (χ1n) is 8.10. The number of alkyl halides is 3. The maximum absolute atomic E-state index is 12.2. The number of halogens is 3. The smallest absolute Gasteiger partial charge is 0.491 e. The number of sulfonamides is 1. The molecule has 0 aromatic heterocycles. The van der Waals surface area contributed by atoms with E-state index in [1.807, 2.05) is 0 Å². The van der Waals surface area contributed by atoms with Crippen molar-refractivity contribution >= 4 is 15.9 Å². The Morgan fingerprint density at radius 1 is 1.32 bits per heavy atom. The summed E-state index contributed by atoms with van der Waals surface area (Å²) in [6.07, 6.45) is -3.49. The number of benzene rings is 1. The molecule has 0 heterocycles. The molecule has 1 aromatic carbocycles. The van der Waals surface area contributed by atoms with Gasteiger partial charge in [-0.15, -0.1) is 13.2 Å². The van der Waals surface area contributed by atoms with Crippen molar-refractivity contribution < 1.29 is 41.0 Å². The van der Waals surface area contributed by atoms with Gasteiger partial charge in [-0.05, 0) is 43.2 Å². The third kappa shape index (κ3) is 7.02. The lowest BCUT2D eigenvalue weighted by Crippen LogP contribution is -2.33. The van der Waals surface area contributed by atoms with Crippen LogP contribution in [-0.2, 0) is 19.6 Å². The van der Waals surface area contributed by atoms with E-state index in [4.69, 9.17) is 4.74 Å². The fraction of sp³-hybridized carbons (Fsp3) is 0.438. The largest absolute Gasteiger partial charge is 0.573 e. The molecule has 1 aromatic rings. The first-order chi connectivity index (χ1) is 13.0. The average molecular weight is 424 g/mol. The fourth-order valence-corrected chi connectivity index (χ4v) is 3.10. The van der Waals surface area contributed by atoms with Gasteiger partial charge in [-0.2, -0.15) is 0 Å². The van der Waals surface area contributed by atoms with Gasteiger partial charge in [0, 0.05) is 12.6 Å². The molecule has 3 N–H and O–H groups in total. The Morgan fingerprint density at radius 2 is 1.93 bits per heavy atom. The second kappa shape index (κ2) is 8.80. The lowest BCUT2D eigenvalue weighted by Gasteiger charge is -2.12. The molecule has 156 valence electrons. The quantitative estimate of drug-likeness (QED) is 0.403. The number of amides is 1. The second-order valence-corrected chi connectivity index (χ2v) is 7.69. The summed E-state index contributed by atoms with van der Waals surface area (Å²) in [4.78, 5) is 11.5. The molecule has 28 heavy (non-hydrogen) atoms. The van der Waals surface area contributed by atoms with Crippen molar-refractivity contribution in [2.75, 3.05) is 13.7 Å². The van der Waals surface area contributed by atoms with Gasteiger partial charge in [0.25, 0.3) is 5.91 Å². The van der Waals surface area contributed by atoms with Crippen LogP contribution in [-0.4, -0.2) is 51.6 Å². The molecule has 1 atom stereocenters. The van der Waals surface area contributed by atoms with Crippen LogP contribution in [0.5, 0.6) is 5.75 Å². The molecule has 0 spiro atoms. The number of hydrogen-bond acceptors (Lipinski definition) is 6. The van der Waals surface area contributed by atoms with Crippen LogP contribution in [0.25, 0.3) is 0 Å². The highest BCUT2D eigenvalue weighted by Crippen LogP contribution is 2.24. The Hall–Kier alpha value is -2.31. The van der Waals surface area contributed by atoms with Gasteiger partial charge < -0.3 is 19.9 Å². The zero-order valence-electron chi connectivity index (χ0n) is 14.7. The first-order valence-corrected chi connectivity index (χ1v) is 9.58. The van der Waals surface area contributed by atoms with E-state index in [1.54, 1.807) is 0 Å². The van der Waals surface area contributed by atoms with Crippen molar-refractivity contribution in [2.45, 2.75) is 36.2 Å². The maximum Gasteiger partial charge on any atom is 0.573 e. The van der Waals surface area contributed by atoms with Crippen LogP contribution in [0.3, 0.4) is 0 Å². The zero-order chi connectivity index (χ0) is 20.9. The third-order valence-electron chi connectivity index (χ3n) is 3.55. The van der Waals surface area contributed by atoms with E-state index in [1.165, 1.54) is 7.11 Å². The number of rotatable bonds is 9. The number of carbonyl (C=O) groups excluding carboxylic acids is 1. The normalized spacial score (nSPS) is 16.4. The SMILES string of the molecule is CO/C(=C\C(O)CNS(=O)(=O)c1ccc(OC(F)(F)F)cc1)C(=O)NC1CC1. The number of aliphatic hydroxyl groups excluding tert-OH is 1. The Bertz CT molecular complexity index is 820. The standard InChI is InChI=1S/C16H19F3N2O6S/c1-26-14(15(23)21-10-2-3-10)8-11(22)9-20-28(24,25)13-6-4-12(5-7-13)27-16(17,18)19/h4-8,10-11,20,22H,2-3,9H2,1H3,(H,21,23)/b14-8-. The third-order valence-corrected chi connectivity index (χ3v) is 4.99. The molecule has 1 saturated carbocycles. The monoisotopic (exact) mass is 424 g/mol. The van der Waals surface area contributed by atoms with Crippen molar-refractivity contribution in [1.82, 2.24) is 10.0 Å². The number of methoxy groups -OCH3 is 1. The molecular formula is C16H19F3N2O6S. The molecule has 0 saturated heterocycles. The molecule has 0 radical (unpaired) electrons. The van der Waals surface area contributed by atoms with Crippen LogP contribution in [0.1, 0.15) is 12.8 Å². The molecule has 1 fully saturated rings. The summed E-state index contributed by atoms with van der Waals surface area (Å²) in [7, 11) is -2.87. The van der Waals surface area contributed by atoms with Gasteiger partial charge >= 0.3 is 6.36 Å². The molecule has 0 bridgehead atoms. The Kier molecular flexibility index (Phi) is 6.91. The number of aliphatic hydroxyl groups is 1. The predicted molar refractivity (Wildman–Crippen MR) is 90.6 cm³/mol. The first kappa shape index (κ1) is 22.0. The summed E-state index contributed by atoms with van der Waals surface area (Å²) in [5.74, 6) is -1.25. The van der Waals surface area contributed by atoms with Gasteiger partial charge in [-0.25, -0.2) is 13.1 Å². The lowest BCUT2D eigenvalue weighted by molar-refractivity contribution is -0.274. The van der Waals surface area contributed by atoms with E-state index < -0.39 is 40.7 Å². The molecular weight excluding hydrogens is 405 g/mol. The topological polar surface area (TPSA) is 114 Å². The van der Waals surface area contributed by atoms with E-state index in [0.717, 1.165) is 43.2 Å². The van der Waals surface area contributed by atoms with Crippen LogP contribution in [0.2, 0.25) is 0 Å². The molecule has 1 unspecified atom stereocenters. The molecule has 8 nitrogen and oxygen atoms in total. The van der Waals surface area contributed by atoms with Gasteiger partial charge in [-0.3, -0.25) is 4.79 Å². The van der Waals surface area contributed by atoms with Crippen LogP contribution < -0.4 is 14.8 Å². The summed E-state index contributed by atoms with van der Waals surface area (Å²) in [6, 6.07) is 3.63. The second-order valence-electron chi connectivity index (χ2n) is 5.92.